The van der Waals surface area contributed by atoms with Crippen LogP contribution in [-0.4, -0.2) is 11.6 Å². The SMILES string of the molecule is CC(=O)Oc1cc(C)cc2c1C1=C(CCC(C)C1)C(C)(C)O2. The molecule has 3 heteroatoms. The first kappa shape index (κ1) is 15.1. The molecule has 3 nitrogen and oxygen atoms in total. The van der Waals surface area contributed by atoms with Gasteiger partial charge in [-0.25, -0.2) is 0 Å². The van der Waals surface area contributed by atoms with Gasteiger partial charge in [-0.1, -0.05) is 6.92 Å². The minimum Gasteiger partial charge on any atom is -0.483 e. The van der Waals surface area contributed by atoms with E-state index < -0.39 is 0 Å². The summed E-state index contributed by atoms with van der Waals surface area (Å²) in [7, 11) is 0. The van der Waals surface area contributed by atoms with Gasteiger partial charge in [0.05, 0.1) is 5.56 Å². The van der Waals surface area contributed by atoms with Crippen molar-refractivity contribution in [2.24, 2.45) is 5.92 Å². The summed E-state index contributed by atoms with van der Waals surface area (Å²) in [4.78, 5) is 11.5. The summed E-state index contributed by atoms with van der Waals surface area (Å²) in [6.45, 7) is 9.99. The molecule has 1 heterocycles. The van der Waals surface area contributed by atoms with E-state index in [1.165, 1.54) is 24.5 Å². The van der Waals surface area contributed by atoms with Gasteiger partial charge in [0, 0.05) is 6.92 Å². The third kappa shape index (κ3) is 2.53. The number of benzene rings is 1. The third-order valence-corrected chi connectivity index (χ3v) is 4.66. The maximum Gasteiger partial charge on any atom is 0.308 e. The quantitative estimate of drug-likeness (QED) is 0.558. The van der Waals surface area contributed by atoms with E-state index in [1.54, 1.807) is 0 Å². The smallest absolute Gasteiger partial charge is 0.308 e. The molecule has 1 aliphatic carbocycles. The molecule has 0 bridgehead atoms. The lowest BCUT2D eigenvalue weighted by Gasteiger charge is -2.41. The number of fused-ring (bicyclic) bond motifs is 2. The Morgan fingerprint density at radius 1 is 1.36 bits per heavy atom. The molecular formula is C19H24O3. The largest absolute Gasteiger partial charge is 0.483 e. The first-order valence-corrected chi connectivity index (χ1v) is 8.03. The van der Waals surface area contributed by atoms with Crippen LogP contribution in [0.2, 0.25) is 0 Å². The summed E-state index contributed by atoms with van der Waals surface area (Å²) in [5.74, 6) is 1.84. The van der Waals surface area contributed by atoms with E-state index >= 15 is 0 Å². The van der Waals surface area contributed by atoms with Crippen LogP contribution in [0.4, 0.5) is 0 Å². The number of esters is 1. The fourth-order valence-corrected chi connectivity index (χ4v) is 3.70. The highest BCUT2D eigenvalue weighted by molar-refractivity contribution is 5.83. The Morgan fingerprint density at radius 2 is 2.09 bits per heavy atom. The van der Waals surface area contributed by atoms with Crippen LogP contribution in [0.15, 0.2) is 17.7 Å². The van der Waals surface area contributed by atoms with Gasteiger partial charge in [0.2, 0.25) is 0 Å². The van der Waals surface area contributed by atoms with E-state index in [2.05, 4.69) is 20.8 Å². The normalized spacial score (nSPS) is 22.5. The zero-order chi connectivity index (χ0) is 16.1. The number of ether oxygens (including phenoxy) is 2. The fourth-order valence-electron chi connectivity index (χ4n) is 3.70. The Morgan fingerprint density at radius 3 is 2.77 bits per heavy atom. The lowest BCUT2D eigenvalue weighted by atomic mass is 9.74. The topological polar surface area (TPSA) is 35.5 Å². The van der Waals surface area contributed by atoms with E-state index in [4.69, 9.17) is 9.47 Å². The molecule has 1 aliphatic heterocycles. The van der Waals surface area contributed by atoms with Gasteiger partial charge in [-0.3, -0.25) is 4.79 Å². The van der Waals surface area contributed by atoms with Crippen LogP contribution in [0.1, 0.15) is 58.1 Å². The zero-order valence-electron chi connectivity index (χ0n) is 14.1. The molecule has 0 N–H and O–H groups in total. The second-order valence-electron chi connectivity index (χ2n) is 7.15. The highest BCUT2D eigenvalue weighted by atomic mass is 16.5. The van der Waals surface area contributed by atoms with Crippen LogP contribution >= 0.6 is 0 Å². The molecule has 1 aromatic rings. The highest BCUT2D eigenvalue weighted by Gasteiger charge is 2.38. The Bertz CT molecular complexity index is 668. The van der Waals surface area contributed by atoms with Gasteiger partial charge in [0.25, 0.3) is 0 Å². The molecule has 1 atom stereocenters. The molecular weight excluding hydrogens is 276 g/mol. The molecule has 0 aromatic heterocycles. The molecule has 0 saturated carbocycles. The van der Waals surface area contributed by atoms with Crippen LogP contribution in [0.25, 0.3) is 5.57 Å². The first-order chi connectivity index (χ1) is 10.3. The van der Waals surface area contributed by atoms with Gasteiger partial charge in [0.15, 0.2) is 0 Å². The Labute approximate surface area is 132 Å². The zero-order valence-corrected chi connectivity index (χ0v) is 14.1. The van der Waals surface area contributed by atoms with Gasteiger partial charge >= 0.3 is 5.97 Å². The summed E-state index contributed by atoms with van der Waals surface area (Å²) in [6.07, 6.45) is 3.26. The first-order valence-electron chi connectivity index (χ1n) is 8.03. The fraction of sp³-hybridized carbons (Fsp3) is 0.526. The van der Waals surface area contributed by atoms with Crippen molar-refractivity contribution in [1.82, 2.24) is 0 Å². The van der Waals surface area contributed by atoms with E-state index in [0.29, 0.717) is 11.7 Å². The van der Waals surface area contributed by atoms with Crippen molar-refractivity contribution in [3.05, 3.63) is 28.8 Å². The minimum atomic E-state index is -0.288. The van der Waals surface area contributed by atoms with Crippen molar-refractivity contribution in [3.8, 4) is 11.5 Å². The summed E-state index contributed by atoms with van der Waals surface area (Å²) in [6, 6.07) is 3.99. The number of carbonyl (C=O) groups excluding carboxylic acids is 1. The van der Waals surface area contributed by atoms with Crippen LogP contribution in [0, 0.1) is 12.8 Å². The predicted molar refractivity (Wildman–Crippen MR) is 87.1 cm³/mol. The Hall–Kier alpha value is -1.77. The molecule has 0 radical (unpaired) electrons. The van der Waals surface area contributed by atoms with E-state index in [1.807, 2.05) is 19.1 Å². The Balaban J connectivity index is 2.23. The number of rotatable bonds is 1. The molecule has 0 saturated heterocycles. The number of hydrogen-bond donors (Lipinski definition) is 0. The van der Waals surface area contributed by atoms with Gasteiger partial charge in [0.1, 0.15) is 17.1 Å². The van der Waals surface area contributed by atoms with Gasteiger partial charge in [-0.2, -0.15) is 0 Å². The van der Waals surface area contributed by atoms with Crippen molar-refractivity contribution in [1.29, 1.82) is 0 Å². The Kier molecular flexibility index (Phi) is 3.54. The lowest BCUT2D eigenvalue weighted by molar-refractivity contribution is -0.131. The monoisotopic (exact) mass is 300 g/mol. The molecule has 118 valence electrons. The van der Waals surface area contributed by atoms with Crippen molar-refractivity contribution >= 4 is 11.5 Å². The number of allylic oxidation sites excluding steroid dienone is 1. The van der Waals surface area contributed by atoms with Crippen LogP contribution in [0.5, 0.6) is 11.5 Å². The summed E-state index contributed by atoms with van der Waals surface area (Å²) >= 11 is 0. The van der Waals surface area contributed by atoms with Crippen molar-refractivity contribution in [2.45, 2.75) is 59.5 Å². The van der Waals surface area contributed by atoms with Gasteiger partial charge in [-0.05, 0) is 74.8 Å². The second kappa shape index (κ2) is 5.15. The maximum absolute atomic E-state index is 11.5. The van der Waals surface area contributed by atoms with Crippen LogP contribution < -0.4 is 9.47 Å². The van der Waals surface area contributed by atoms with Gasteiger partial charge < -0.3 is 9.47 Å². The van der Waals surface area contributed by atoms with Crippen LogP contribution in [0.3, 0.4) is 0 Å². The molecule has 1 unspecified atom stereocenters. The number of aryl methyl sites for hydroxylation is 1. The lowest BCUT2D eigenvalue weighted by Crippen LogP contribution is -2.36. The van der Waals surface area contributed by atoms with E-state index in [9.17, 15) is 4.79 Å². The molecule has 22 heavy (non-hydrogen) atoms. The molecule has 3 rings (SSSR count). The molecule has 0 spiro atoms. The minimum absolute atomic E-state index is 0.288. The third-order valence-electron chi connectivity index (χ3n) is 4.66. The van der Waals surface area contributed by atoms with Crippen molar-refractivity contribution in [3.63, 3.8) is 0 Å². The van der Waals surface area contributed by atoms with Crippen molar-refractivity contribution in [2.75, 3.05) is 0 Å². The van der Waals surface area contributed by atoms with Crippen LogP contribution in [-0.2, 0) is 4.79 Å². The average molecular weight is 300 g/mol. The standard InChI is InChI=1S/C19H24O3/c1-11-6-7-15-14(8-11)18-16(21-13(3)20)9-12(2)10-17(18)22-19(15,4)5/h9-11H,6-8H2,1-5H3. The highest BCUT2D eigenvalue weighted by Crippen LogP contribution is 2.51. The molecule has 2 aliphatic rings. The average Bonchev–Trinajstić information content (AvgIpc) is 2.35. The number of carbonyl (C=O) groups is 1. The second-order valence-corrected chi connectivity index (χ2v) is 7.15. The maximum atomic E-state index is 11.5. The summed E-state index contributed by atoms with van der Waals surface area (Å²) in [5, 5.41) is 0. The molecule has 1 aromatic carbocycles. The summed E-state index contributed by atoms with van der Waals surface area (Å²) in [5.41, 5.74) is 4.42. The molecule has 0 fully saturated rings. The molecule has 0 amide bonds. The van der Waals surface area contributed by atoms with E-state index in [-0.39, 0.29) is 11.6 Å². The van der Waals surface area contributed by atoms with Crippen molar-refractivity contribution < 1.29 is 14.3 Å². The summed E-state index contributed by atoms with van der Waals surface area (Å²) < 4.78 is 11.8. The number of hydrogen-bond acceptors (Lipinski definition) is 3. The van der Waals surface area contributed by atoms with E-state index in [0.717, 1.165) is 29.7 Å². The van der Waals surface area contributed by atoms with Gasteiger partial charge in [-0.15, -0.1) is 0 Å². The predicted octanol–water partition coefficient (Wildman–Crippen LogP) is 4.66.